The lowest BCUT2D eigenvalue weighted by molar-refractivity contribution is 0.0562. The third-order valence-electron chi connectivity index (χ3n) is 1.11. The van der Waals surface area contributed by atoms with Crippen molar-refractivity contribution in [3.8, 4) is 0 Å². The van der Waals surface area contributed by atoms with Crippen LogP contribution in [0.15, 0.2) is 24.4 Å². The fourth-order valence-electron chi connectivity index (χ4n) is 0.727. The Kier molecular flexibility index (Phi) is 2.65. The molecule has 0 saturated heterocycles. The van der Waals surface area contributed by atoms with Gasteiger partial charge in [0, 0.05) is 6.20 Å². The number of hydrogen-bond acceptors (Lipinski definition) is 2. The summed E-state index contributed by atoms with van der Waals surface area (Å²) in [5.41, 5.74) is 0. The number of hydrogen-bond donors (Lipinski definition) is 0. The highest BCUT2D eigenvalue weighted by molar-refractivity contribution is 7.71. The van der Waals surface area contributed by atoms with Crippen LogP contribution < -0.4 is 4.84 Å². The van der Waals surface area contributed by atoms with Crippen LogP contribution in [-0.2, 0) is 0 Å². The van der Waals surface area contributed by atoms with Crippen LogP contribution in [0.4, 0.5) is 0 Å². The largest absolute Gasteiger partial charge is 0.410 e. The Bertz CT molecular complexity index is 279. The minimum atomic E-state index is 0.157. The van der Waals surface area contributed by atoms with Gasteiger partial charge in [-0.15, -0.1) is 0 Å². The average Bonchev–Trinajstić information content (AvgIpc) is 1.93. The summed E-state index contributed by atoms with van der Waals surface area (Å²) in [5, 5.41) is 0. The van der Waals surface area contributed by atoms with Crippen molar-refractivity contribution >= 4 is 12.2 Å². The molecule has 0 aromatic carbocycles. The molecule has 3 heteroatoms. The Labute approximate surface area is 71.4 Å². The Hall–Kier alpha value is -0.830. The standard InChI is InChI=1S/C8H11NOS/c1-7(2)10-9-6-4-3-5-8(9)11/h3-7H,1-2H3. The molecule has 0 aliphatic heterocycles. The number of nitrogens with zero attached hydrogens (tertiary/aromatic N) is 1. The first-order chi connectivity index (χ1) is 5.20. The highest BCUT2D eigenvalue weighted by atomic mass is 32.1. The second kappa shape index (κ2) is 3.53. The van der Waals surface area contributed by atoms with Crippen LogP contribution in [0.25, 0.3) is 0 Å². The van der Waals surface area contributed by atoms with Crippen molar-refractivity contribution in [2.45, 2.75) is 20.0 Å². The molecule has 0 bridgehead atoms. The van der Waals surface area contributed by atoms with Crippen molar-refractivity contribution in [3.63, 3.8) is 0 Å². The van der Waals surface area contributed by atoms with E-state index in [1.807, 2.05) is 38.2 Å². The second-order valence-corrected chi connectivity index (χ2v) is 2.94. The molecule has 0 N–H and O–H groups in total. The third-order valence-corrected chi connectivity index (χ3v) is 1.43. The fourth-order valence-corrected chi connectivity index (χ4v) is 0.909. The summed E-state index contributed by atoms with van der Waals surface area (Å²) in [7, 11) is 0. The fraction of sp³-hybridized carbons (Fsp3) is 0.375. The molecule has 1 heterocycles. The molecule has 1 aromatic heterocycles. The summed E-state index contributed by atoms with van der Waals surface area (Å²) in [4.78, 5) is 5.36. The minimum absolute atomic E-state index is 0.157. The molecule has 60 valence electrons. The Morgan fingerprint density at radius 1 is 1.45 bits per heavy atom. The first-order valence-electron chi connectivity index (χ1n) is 3.55. The predicted octanol–water partition coefficient (Wildman–Crippen LogP) is 2.05. The first-order valence-corrected chi connectivity index (χ1v) is 3.96. The predicted molar refractivity (Wildman–Crippen MR) is 47.0 cm³/mol. The van der Waals surface area contributed by atoms with Gasteiger partial charge in [0.2, 0.25) is 0 Å². The summed E-state index contributed by atoms with van der Waals surface area (Å²) in [6.45, 7) is 3.93. The van der Waals surface area contributed by atoms with Gasteiger partial charge in [0.25, 0.3) is 0 Å². The zero-order valence-corrected chi connectivity index (χ0v) is 7.47. The maximum absolute atomic E-state index is 5.36. The molecule has 0 spiro atoms. The van der Waals surface area contributed by atoms with E-state index < -0.39 is 0 Å². The summed E-state index contributed by atoms with van der Waals surface area (Å²) < 4.78 is 2.29. The van der Waals surface area contributed by atoms with Crippen LogP contribution in [0.2, 0.25) is 0 Å². The van der Waals surface area contributed by atoms with Crippen LogP contribution in [0.3, 0.4) is 0 Å². The lowest BCUT2D eigenvalue weighted by Gasteiger charge is -2.11. The third kappa shape index (κ3) is 2.35. The Morgan fingerprint density at radius 3 is 2.73 bits per heavy atom. The number of aromatic nitrogens is 1. The zero-order valence-electron chi connectivity index (χ0n) is 6.65. The summed E-state index contributed by atoms with van der Waals surface area (Å²) in [5.74, 6) is 0. The molecule has 0 fully saturated rings. The molecule has 1 rings (SSSR count). The molecule has 0 saturated carbocycles. The summed E-state index contributed by atoms with van der Waals surface area (Å²) in [6, 6.07) is 5.61. The van der Waals surface area contributed by atoms with Crippen molar-refractivity contribution in [2.75, 3.05) is 0 Å². The Balaban J connectivity index is 2.87. The van der Waals surface area contributed by atoms with Crippen LogP contribution in [0, 0.1) is 4.64 Å². The average molecular weight is 169 g/mol. The second-order valence-electron chi connectivity index (χ2n) is 2.52. The molecule has 0 aliphatic carbocycles. The van der Waals surface area contributed by atoms with Crippen molar-refractivity contribution in [2.24, 2.45) is 0 Å². The highest BCUT2D eigenvalue weighted by Crippen LogP contribution is 1.92. The van der Waals surface area contributed by atoms with Gasteiger partial charge in [0.15, 0.2) is 0 Å². The van der Waals surface area contributed by atoms with Gasteiger partial charge in [-0.1, -0.05) is 18.3 Å². The van der Waals surface area contributed by atoms with Crippen LogP contribution >= 0.6 is 12.2 Å². The van der Waals surface area contributed by atoms with Gasteiger partial charge in [-0.2, -0.15) is 4.73 Å². The van der Waals surface area contributed by atoms with Crippen molar-refractivity contribution in [1.82, 2.24) is 4.73 Å². The van der Waals surface area contributed by atoms with E-state index in [9.17, 15) is 0 Å². The van der Waals surface area contributed by atoms with E-state index in [2.05, 4.69) is 0 Å². The quantitative estimate of drug-likeness (QED) is 0.629. The van der Waals surface area contributed by atoms with Gasteiger partial charge in [0.05, 0.1) is 0 Å². The lowest BCUT2D eigenvalue weighted by Crippen LogP contribution is -2.19. The highest BCUT2D eigenvalue weighted by Gasteiger charge is 1.93. The van der Waals surface area contributed by atoms with Gasteiger partial charge in [-0.05, 0) is 26.0 Å². The maximum atomic E-state index is 5.36. The van der Waals surface area contributed by atoms with E-state index in [0.29, 0.717) is 4.64 Å². The van der Waals surface area contributed by atoms with E-state index in [4.69, 9.17) is 17.1 Å². The molecular formula is C8H11NOS. The van der Waals surface area contributed by atoms with Crippen LogP contribution in [0.5, 0.6) is 0 Å². The first kappa shape index (κ1) is 8.27. The Morgan fingerprint density at radius 2 is 2.18 bits per heavy atom. The smallest absolute Gasteiger partial charge is 0.142 e. The molecule has 2 nitrogen and oxygen atoms in total. The normalized spacial score (nSPS) is 10.1. The number of rotatable bonds is 2. The number of pyridine rings is 1. The van der Waals surface area contributed by atoms with Crippen molar-refractivity contribution in [3.05, 3.63) is 29.0 Å². The summed E-state index contributed by atoms with van der Waals surface area (Å²) >= 11 is 5.01. The maximum Gasteiger partial charge on any atom is 0.142 e. The van der Waals surface area contributed by atoms with Crippen molar-refractivity contribution < 1.29 is 4.84 Å². The molecule has 1 aromatic rings. The van der Waals surface area contributed by atoms with E-state index in [0.717, 1.165) is 0 Å². The minimum Gasteiger partial charge on any atom is -0.410 e. The van der Waals surface area contributed by atoms with E-state index in [1.54, 1.807) is 4.73 Å². The van der Waals surface area contributed by atoms with Gasteiger partial charge >= 0.3 is 0 Å². The van der Waals surface area contributed by atoms with E-state index >= 15 is 0 Å². The molecule has 0 atom stereocenters. The lowest BCUT2D eigenvalue weighted by atomic mass is 10.5. The zero-order chi connectivity index (χ0) is 8.27. The molecule has 0 unspecified atom stereocenters. The van der Waals surface area contributed by atoms with Crippen LogP contribution in [0.1, 0.15) is 13.8 Å². The monoisotopic (exact) mass is 169 g/mol. The van der Waals surface area contributed by atoms with E-state index in [-0.39, 0.29) is 6.10 Å². The molecule has 0 radical (unpaired) electrons. The van der Waals surface area contributed by atoms with Gasteiger partial charge in [0.1, 0.15) is 10.7 Å². The summed E-state index contributed by atoms with van der Waals surface area (Å²) in [6.07, 6.45) is 1.96. The van der Waals surface area contributed by atoms with Gasteiger partial charge in [-0.3, -0.25) is 0 Å². The van der Waals surface area contributed by atoms with Gasteiger partial charge in [-0.25, -0.2) is 0 Å². The molecular weight excluding hydrogens is 158 g/mol. The molecule has 11 heavy (non-hydrogen) atoms. The van der Waals surface area contributed by atoms with E-state index in [1.165, 1.54) is 0 Å². The SMILES string of the molecule is CC(C)On1ccccc1=S. The van der Waals surface area contributed by atoms with Gasteiger partial charge < -0.3 is 4.84 Å². The molecule has 0 aliphatic rings. The van der Waals surface area contributed by atoms with Crippen LogP contribution in [-0.4, -0.2) is 10.8 Å². The molecule has 0 amide bonds. The van der Waals surface area contributed by atoms with Crippen molar-refractivity contribution in [1.29, 1.82) is 0 Å². The topological polar surface area (TPSA) is 14.2 Å².